The smallest absolute Gasteiger partial charge is 0.125 e. The van der Waals surface area contributed by atoms with Crippen LogP contribution in [-0.4, -0.2) is 16.0 Å². The highest BCUT2D eigenvalue weighted by Crippen LogP contribution is 2.21. The minimum absolute atomic E-state index is 0.180. The lowest BCUT2D eigenvalue weighted by atomic mass is 10.0. The van der Waals surface area contributed by atoms with E-state index in [1.807, 2.05) is 13.0 Å². The topological polar surface area (TPSA) is 52.8 Å². The van der Waals surface area contributed by atoms with Crippen LogP contribution in [-0.2, 0) is 0 Å². The molecule has 0 saturated carbocycles. The summed E-state index contributed by atoms with van der Waals surface area (Å²) in [6.07, 6.45) is 2.67. The van der Waals surface area contributed by atoms with E-state index in [0.717, 1.165) is 18.4 Å². The van der Waals surface area contributed by atoms with Crippen molar-refractivity contribution in [2.75, 3.05) is 0 Å². The Morgan fingerprint density at radius 2 is 2.13 bits per heavy atom. The molecule has 0 aliphatic rings. The maximum atomic E-state index is 9.70. The maximum Gasteiger partial charge on any atom is 0.125 e. The minimum atomic E-state index is 0.180. The van der Waals surface area contributed by atoms with E-state index in [2.05, 4.69) is 12.1 Å². The number of phenolic OH excluding ortho intramolecular Hbond substituents is 1. The molecule has 3 nitrogen and oxygen atoms in total. The summed E-state index contributed by atoms with van der Waals surface area (Å²) in [5.74, 6) is 0.180. The summed E-state index contributed by atoms with van der Waals surface area (Å²) in [4.78, 5) is 0. The minimum Gasteiger partial charge on any atom is -0.507 e. The van der Waals surface area contributed by atoms with Crippen LogP contribution in [0.15, 0.2) is 23.4 Å². The highest BCUT2D eigenvalue weighted by molar-refractivity contribution is 6.02. The molecule has 0 unspecified atom stereocenters. The number of nitrogens with zero attached hydrogens (tertiary/aromatic N) is 1. The number of benzene rings is 1. The highest BCUT2D eigenvalue weighted by Gasteiger charge is 2.09. The SMILES string of the molecule is CCCC/C(=N\O)c1ccc(C)cc1O. The summed E-state index contributed by atoms with van der Waals surface area (Å²) < 4.78 is 0. The first kappa shape index (κ1) is 11.6. The van der Waals surface area contributed by atoms with Crippen LogP contribution >= 0.6 is 0 Å². The van der Waals surface area contributed by atoms with E-state index in [1.165, 1.54) is 0 Å². The van der Waals surface area contributed by atoms with Gasteiger partial charge in [0.05, 0.1) is 5.71 Å². The van der Waals surface area contributed by atoms with Crippen LogP contribution in [0.4, 0.5) is 0 Å². The Balaban J connectivity index is 2.93. The van der Waals surface area contributed by atoms with Crippen molar-refractivity contribution in [1.82, 2.24) is 0 Å². The van der Waals surface area contributed by atoms with Crippen LogP contribution in [0.25, 0.3) is 0 Å². The lowest BCUT2D eigenvalue weighted by Crippen LogP contribution is -2.01. The number of aryl methyl sites for hydroxylation is 1. The van der Waals surface area contributed by atoms with Gasteiger partial charge < -0.3 is 10.3 Å². The monoisotopic (exact) mass is 207 g/mol. The van der Waals surface area contributed by atoms with E-state index in [1.54, 1.807) is 12.1 Å². The molecule has 15 heavy (non-hydrogen) atoms. The van der Waals surface area contributed by atoms with Gasteiger partial charge in [-0.2, -0.15) is 0 Å². The number of hydrogen-bond acceptors (Lipinski definition) is 3. The number of oxime groups is 1. The normalized spacial score (nSPS) is 11.7. The Bertz CT molecular complexity index is 359. The van der Waals surface area contributed by atoms with Gasteiger partial charge in [-0.15, -0.1) is 0 Å². The van der Waals surface area contributed by atoms with Crippen molar-refractivity contribution >= 4 is 5.71 Å². The van der Waals surface area contributed by atoms with Crippen molar-refractivity contribution in [3.05, 3.63) is 29.3 Å². The molecule has 82 valence electrons. The third-order valence-electron chi connectivity index (χ3n) is 2.35. The van der Waals surface area contributed by atoms with Gasteiger partial charge in [0.2, 0.25) is 0 Å². The van der Waals surface area contributed by atoms with Crippen molar-refractivity contribution in [1.29, 1.82) is 0 Å². The molecule has 1 aromatic rings. The molecule has 0 heterocycles. The molecular weight excluding hydrogens is 190 g/mol. The summed E-state index contributed by atoms with van der Waals surface area (Å²) in [6.45, 7) is 3.98. The molecule has 0 amide bonds. The lowest BCUT2D eigenvalue weighted by Gasteiger charge is -2.06. The van der Waals surface area contributed by atoms with Gasteiger partial charge in [0.15, 0.2) is 0 Å². The van der Waals surface area contributed by atoms with Gasteiger partial charge in [-0.05, 0) is 37.5 Å². The van der Waals surface area contributed by atoms with Crippen molar-refractivity contribution in [2.24, 2.45) is 5.16 Å². The molecule has 2 N–H and O–H groups in total. The molecule has 1 rings (SSSR count). The second kappa shape index (κ2) is 5.39. The first-order chi connectivity index (χ1) is 7.19. The van der Waals surface area contributed by atoms with Gasteiger partial charge >= 0.3 is 0 Å². The fourth-order valence-electron chi connectivity index (χ4n) is 1.47. The van der Waals surface area contributed by atoms with Gasteiger partial charge in [0, 0.05) is 5.56 Å². The Kier molecular flexibility index (Phi) is 4.16. The van der Waals surface area contributed by atoms with E-state index < -0.39 is 0 Å². The van der Waals surface area contributed by atoms with Gasteiger partial charge in [0.25, 0.3) is 0 Å². The van der Waals surface area contributed by atoms with E-state index >= 15 is 0 Å². The second-order valence-corrected chi connectivity index (χ2v) is 3.67. The van der Waals surface area contributed by atoms with Gasteiger partial charge in [-0.3, -0.25) is 0 Å². The van der Waals surface area contributed by atoms with Crippen molar-refractivity contribution in [2.45, 2.75) is 33.1 Å². The first-order valence-corrected chi connectivity index (χ1v) is 5.20. The fourth-order valence-corrected chi connectivity index (χ4v) is 1.47. The van der Waals surface area contributed by atoms with Crippen molar-refractivity contribution in [3.8, 4) is 5.75 Å². The molecule has 0 aliphatic heterocycles. The largest absolute Gasteiger partial charge is 0.507 e. The summed E-state index contributed by atoms with van der Waals surface area (Å²) in [5, 5.41) is 21.8. The van der Waals surface area contributed by atoms with Crippen LogP contribution in [0, 0.1) is 6.92 Å². The highest BCUT2D eigenvalue weighted by atomic mass is 16.4. The quantitative estimate of drug-likeness (QED) is 0.453. The number of rotatable bonds is 4. The third kappa shape index (κ3) is 2.98. The molecule has 0 atom stereocenters. The Hall–Kier alpha value is -1.51. The molecule has 0 saturated heterocycles. The maximum absolute atomic E-state index is 9.70. The molecule has 0 aromatic heterocycles. The lowest BCUT2D eigenvalue weighted by molar-refractivity contribution is 0.317. The van der Waals surface area contributed by atoms with Crippen LogP contribution in [0.1, 0.15) is 37.3 Å². The van der Waals surface area contributed by atoms with Crippen LogP contribution in [0.3, 0.4) is 0 Å². The number of unbranched alkanes of at least 4 members (excludes halogenated alkanes) is 1. The fraction of sp³-hybridized carbons (Fsp3) is 0.417. The summed E-state index contributed by atoms with van der Waals surface area (Å²) in [7, 11) is 0. The van der Waals surface area contributed by atoms with Gasteiger partial charge in [-0.1, -0.05) is 24.6 Å². The molecule has 1 aromatic carbocycles. The molecular formula is C12H17NO2. The van der Waals surface area contributed by atoms with Crippen molar-refractivity contribution < 1.29 is 10.3 Å². The molecule has 0 spiro atoms. The zero-order chi connectivity index (χ0) is 11.3. The molecule has 3 heteroatoms. The average Bonchev–Trinajstić information content (AvgIpc) is 2.21. The summed E-state index contributed by atoms with van der Waals surface area (Å²) in [6, 6.07) is 5.36. The molecule has 0 aliphatic carbocycles. The van der Waals surface area contributed by atoms with E-state index in [-0.39, 0.29) is 5.75 Å². The van der Waals surface area contributed by atoms with Crippen LogP contribution < -0.4 is 0 Å². The van der Waals surface area contributed by atoms with E-state index in [4.69, 9.17) is 5.21 Å². The first-order valence-electron chi connectivity index (χ1n) is 5.20. The standard InChI is InChI=1S/C12H17NO2/c1-3-4-5-11(13-15)10-7-6-9(2)8-12(10)14/h6-8,14-15H,3-5H2,1-2H3/b13-11+. The third-order valence-corrected chi connectivity index (χ3v) is 2.35. The second-order valence-electron chi connectivity index (χ2n) is 3.67. The Morgan fingerprint density at radius 3 is 2.67 bits per heavy atom. The Morgan fingerprint density at radius 1 is 1.40 bits per heavy atom. The van der Waals surface area contributed by atoms with E-state index in [0.29, 0.717) is 17.7 Å². The van der Waals surface area contributed by atoms with Gasteiger partial charge in [-0.25, -0.2) is 0 Å². The van der Waals surface area contributed by atoms with Crippen LogP contribution in [0.2, 0.25) is 0 Å². The summed E-state index contributed by atoms with van der Waals surface area (Å²) >= 11 is 0. The number of aromatic hydroxyl groups is 1. The van der Waals surface area contributed by atoms with Crippen LogP contribution in [0.5, 0.6) is 5.75 Å². The van der Waals surface area contributed by atoms with E-state index in [9.17, 15) is 5.11 Å². The average molecular weight is 207 g/mol. The molecule has 0 fully saturated rings. The Labute approximate surface area is 90.1 Å². The number of hydrogen-bond donors (Lipinski definition) is 2. The summed E-state index contributed by atoms with van der Waals surface area (Å²) in [5.41, 5.74) is 2.16. The zero-order valence-electron chi connectivity index (χ0n) is 9.20. The van der Waals surface area contributed by atoms with Crippen molar-refractivity contribution in [3.63, 3.8) is 0 Å². The van der Waals surface area contributed by atoms with Gasteiger partial charge in [0.1, 0.15) is 5.75 Å². The predicted octanol–water partition coefficient (Wildman–Crippen LogP) is 3.07. The number of phenols is 1. The molecule has 0 bridgehead atoms. The predicted molar refractivity (Wildman–Crippen MR) is 60.7 cm³/mol. The molecule has 0 radical (unpaired) electrons. The zero-order valence-corrected chi connectivity index (χ0v) is 9.20.